The number of aryl methyl sites for hydroxylation is 1. The fraction of sp³-hybridized carbons (Fsp3) is 0.500. The first-order valence-corrected chi connectivity index (χ1v) is 11.4. The van der Waals surface area contributed by atoms with E-state index in [1.54, 1.807) is 17.5 Å². The van der Waals surface area contributed by atoms with Crippen LogP contribution in [0.4, 0.5) is 0 Å². The summed E-state index contributed by atoms with van der Waals surface area (Å²) in [4.78, 5) is 22.6. The molecule has 7 nitrogen and oxygen atoms in total. The number of hydrogen-bond donors (Lipinski definition) is 1. The van der Waals surface area contributed by atoms with E-state index in [9.17, 15) is 4.79 Å². The van der Waals surface area contributed by atoms with E-state index in [-0.39, 0.29) is 11.9 Å². The van der Waals surface area contributed by atoms with Gasteiger partial charge in [-0.1, -0.05) is 0 Å². The van der Waals surface area contributed by atoms with Crippen molar-refractivity contribution in [1.29, 1.82) is 0 Å². The highest BCUT2D eigenvalue weighted by Crippen LogP contribution is 2.30. The van der Waals surface area contributed by atoms with Crippen molar-refractivity contribution in [3.8, 4) is 10.6 Å². The van der Waals surface area contributed by atoms with Crippen LogP contribution in [0.1, 0.15) is 41.5 Å². The van der Waals surface area contributed by atoms with Crippen LogP contribution in [-0.4, -0.2) is 65.0 Å². The number of nitrogens with one attached hydrogen (secondary N) is 1. The maximum Gasteiger partial charge on any atom is 0.252 e. The topological polar surface area (TPSA) is 72.3 Å². The predicted octanol–water partition coefficient (Wildman–Crippen LogP) is 3.50. The van der Waals surface area contributed by atoms with Gasteiger partial charge in [-0.05, 0) is 51.9 Å². The Morgan fingerprint density at radius 2 is 2.10 bits per heavy atom. The quantitative estimate of drug-likeness (QED) is 0.584. The monoisotopic (exact) mass is 427 g/mol. The maximum atomic E-state index is 13.1. The van der Waals surface area contributed by atoms with Crippen LogP contribution in [0.15, 0.2) is 24.4 Å². The average Bonchev–Trinajstić information content (AvgIpc) is 3.37. The summed E-state index contributed by atoms with van der Waals surface area (Å²) in [5.41, 5.74) is 2.22. The minimum atomic E-state index is -0.0674. The van der Waals surface area contributed by atoms with Gasteiger partial charge in [0, 0.05) is 30.6 Å². The fourth-order valence-corrected chi connectivity index (χ4v) is 4.53. The zero-order valence-electron chi connectivity index (χ0n) is 17.9. The second-order valence-corrected chi connectivity index (χ2v) is 9.24. The van der Waals surface area contributed by atoms with Crippen LogP contribution in [0.3, 0.4) is 0 Å². The number of pyridine rings is 1. The Morgan fingerprint density at radius 3 is 2.80 bits per heavy atom. The van der Waals surface area contributed by atoms with Gasteiger partial charge in [0.1, 0.15) is 0 Å². The first-order valence-electron chi connectivity index (χ1n) is 10.6. The third-order valence-electron chi connectivity index (χ3n) is 5.33. The number of carbonyl (C=O) groups is 1. The maximum absolute atomic E-state index is 13.1. The minimum Gasteiger partial charge on any atom is -0.379 e. The summed E-state index contributed by atoms with van der Waals surface area (Å²) in [5, 5.41) is 8.39. The third kappa shape index (κ3) is 4.55. The molecule has 1 fully saturated rings. The number of rotatable bonds is 7. The lowest BCUT2D eigenvalue weighted by atomic mass is 10.1. The van der Waals surface area contributed by atoms with E-state index in [1.165, 1.54) is 4.88 Å². The number of morpholine rings is 1. The Morgan fingerprint density at radius 1 is 1.30 bits per heavy atom. The molecule has 1 aliphatic rings. The molecule has 3 aromatic rings. The zero-order valence-corrected chi connectivity index (χ0v) is 18.7. The van der Waals surface area contributed by atoms with Crippen LogP contribution in [0, 0.1) is 6.92 Å². The summed E-state index contributed by atoms with van der Waals surface area (Å²) in [5.74, 6) is -0.0674. The molecular formula is C22H29N5O2S. The lowest BCUT2D eigenvalue weighted by Gasteiger charge is -2.26. The Bertz CT molecular complexity index is 1020. The van der Waals surface area contributed by atoms with Crippen molar-refractivity contribution in [2.45, 2.75) is 33.2 Å². The standard InChI is InChI=1S/C22H29N5O2S/c1-15(2)27-21-18(14-24-27)17(13-19(25-21)20-6-5-16(3)30-20)22(28)23-7-4-8-26-9-11-29-12-10-26/h5-6,13-15H,4,7-12H2,1-3H3,(H,23,28). The molecule has 1 N–H and O–H groups in total. The Balaban J connectivity index is 1.54. The van der Waals surface area contributed by atoms with E-state index in [0.29, 0.717) is 12.1 Å². The molecule has 0 radical (unpaired) electrons. The van der Waals surface area contributed by atoms with E-state index >= 15 is 0 Å². The van der Waals surface area contributed by atoms with Crippen LogP contribution in [0.2, 0.25) is 0 Å². The largest absolute Gasteiger partial charge is 0.379 e. The van der Waals surface area contributed by atoms with Crippen LogP contribution < -0.4 is 5.32 Å². The molecule has 1 saturated heterocycles. The SMILES string of the molecule is Cc1ccc(-c2cc(C(=O)NCCCN3CCOCC3)c3cnn(C(C)C)c3n2)s1. The van der Waals surface area contributed by atoms with E-state index in [0.717, 1.165) is 60.9 Å². The van der Waals surface area contributed by atoms with E-state index in [2.05, 4.69) is 48.2 Å². The molecule has 4 rings (SSSR count). The lowest BCUT2D eigenvalue weighted by molar-refractivity contribution is 0.0374. The van der Waals surface area contributed by atoms with Gasteiger partial charge in [-0.25, -0.2) is 9.67 Å². The van der Waals surface area contributed by atoms with E-state index in [4.69, 9.17) is 9.72 Å². The van der Waals surface area contributed by atoms with Crippen molar-refractivity contribution < 1.29 is 9.53 Å². The van der Waals surface area contributed by atoms with Gasteiger partial charge in [-0.3, -0.25) is 9.69 Å². The number of nitrogens with zero attached hydrogens (tertiary/aromatic N) is 4. The van der Waals surface area contributed by atoms with Gasteiger partial charge < -0.3 is 10.1 Å². The molecule has 8 heteroatoms. The summed E-state index contributed by atoms with van der Waals surface area (Å²) in [6.07, 6.45) is 2.68. The van der Waals surface area contributed by atoms with Crippen LogP contribution in [-0.2, 0) is 4.74 Å². The molecule has 160 valence electrons. The molecule has 0 saturated carbocycles. The first-order chi connectivity index (χ1) is 14.5. The van der Waals surface area contributed by atoms with Gasteiger partial charge >= 0.3 is 0 Å². The molecule has 0 aromatic carbocycles. The van der Waals surface area contributed by atoms with Crippen LogP contribution in [0.5, 0.6) is 0 Å². The molecule has 0 atom stereocenters. The van der Waals surface area contributed by atoms with Crippen molar-refractivity contribution in [1.82, 2.24) is 25.0 Å². The molecule has 0 spiro atoms. The molecule has 1 aliphatic heterocycles. The third-order valence-corrected chi connectivity index (χ3v) is 6.36. The van der Waals surface area contributed by atoms with Crippen molar-refractivity contribution in [2.75, 3.05) is 39.4 Å². The molecule has 0 bridgehead atoms. The summed E-state index contributed by atoms with van der Waals surface area (Å²) < 4.78 is 7.27. The zero-order chi connectivity index (χ0) is 21.1. The average molecular weight is 428 g/mol. The predicted molar refractivity (Wildman–Crippen MR) is 120 cm³/mol. The molecule has 30 heavy (non-hydrogen) atoms. The van der Waals surface area contributed by atoms with E-state index in [1.807, 2.05) is 10.7 Å². The van der Waals surface area contributed by atoms with Crippen molar-refractivity contribution in [2.24, 2.45) is 0 Å². The van der Waals surface area contributed by atoms with Crippen LogP contribution >= 0.6 is 11.3 Å². The van der Waals surface area contributed by atoms with Gasteiger partial charge in [0.05, 0.1) is 40.9 Å². The normalized spacial score (nSPS) is 15.2. The summed E-state index contributed by atoms with van der Waals surface area (Å²) in [6, 6.07) is 6.21. The number of hydrogen-bond acceptors (Lipinski definition) is 6. The Labute approximate surface area is 181 Å². The number of fused-ring (bicyclic) bond motifs is 1. The highest BCUT2D eigenvalue weighted by molar-refractivity contribution is 7.15. The minimum absolute atomic E-state index is 0.0674. The second kappa shape index (κ2) is 9.24. The fourth-order valence-electron chi connectivity index (χ4n) is 3.71. The van der Waals surface area contributed by atoms with Crippen LogP contribution in [0.25, 0.3) is 21.6 Å². The molecule has 3 aromatic heterocycles. The Hall–Kier alpha value is -2.29. The summed E-state index contributed by atoms with van der Waals surface area (Å²) in [6.45, 7) is 11.4. The number of ether oxygens (including phenoxy) is 1. The molecular weight excluding hydrogens is 398 g/mol. The van der Waals surface area contributed by atoms with Crippen molar-refractivity contribution in [3.63, 3.8) is 0 Å². The number of carbonyl (C=O) groups excluding carboxylic acids is 1. The van der Waals surface area contributed by atoms with Crippen molar-refractivity contribution >= 4 is 28.3 Å². The van der Waals surface area contributed by atoms with Gasteiger partial charge in [0.15, 0.2) is 5.65 Å². The highest BCUT2D eigenvalue weighted by atomic mass is 32.1. The Kier molecular flexibility index (Phi) is 6.46. The first kappa shape index (κ1) is 21.0. The number of aromatic nitrogens is 3. The van der Waals surface area contributed by atoms with Gasteiger partial charge in [0.2, 0.25) is 0 Å². The van der Waals surface area contributed by atoms with Gasteiger partial charge in [0.25, 0.3) is 5.91 Å². The lowest BCUT2D eigenvalue weighted by Crippen LogP contribution is -2.38. The summed E-state index contributed by atoms with van der Waals surface area (Å²) in [7, 11) is 0. The second-order valence-electron chi connectivity index (χ2n) is 7.95. The highest BCUT2D eigenvalue weighted by Gasteiger charge is 2.19. The molecule has 0 unspecified atom stereocenters. The van der Waals surface area contributed by atoms with Gasteiger partial charge in [-0.15, -0.1) is 11.3 Å². The smallest absolute Gasteiger partial charge is 0.252 e. The number of thiophene rings is 1. The summed E-state index contributed by atoms with van der Waals surface area (Å²) >= 11 is 1.68. The molecule has 4 heterocycles. The molecule has 0 aliphatic carbocycles. The van der Waals surface area contributed by atoms with Gasteiger partial charge in [-0.2, -0.15) is 5.10 Å². The van der Waals surface area contributed by atoms with E-state index < -0.39 is 0 Å². The number of amides is 1. The van der Waals surface area contributed by atoms with Crippen molar-refractivity contribution in [3.05, 3.63) is 34.8 Å². The molecule has 1 amide bonds.